The van der Waals surface area contributed by atoms with Crippen LogP contribution >= 0.6 is 0 Å². The Morgan fingerprint density at radius 1 is 1.11 bits per heavy atom. The summed E-state index contributed by atoms with van der Waals surface area (Å²) in [5.74, 6) is 0.456. The van der Waals surface area contributed by atoms with Crippen LogP contribution in [0.25, 0.3) is 0 Å². The van der Waals surface area contributed by atoms with Gasteiger partial charge in [0.15, 0.2) is 0 Å². The average Bonchev–Trinajstić information content (AvgIpc) is 3.00. The predicted molar refractivity (Wildman–Crippen MR) is 169 cm³/mol. The molecule has 0 spiro atoms. The number of amides is 1. The minimum atomic E-state index is -1.10. The van der Waals surface area contributed by atoms with Crippen molar-refractivity contribution < 1.29 is 38.8 Å². The number of piperidine rings is 1. The highest BCUT2D eigenvalue weighted by molar-refractivity contribution is 5.79. The minimum Gasteiger partial charge on any atom is -0.493 e. The number of halogens is 1. The average molecular weight is 646 g/mol. The van der Waals surface area contributed by atoms with Crippen LogP contribution in [-0.2, 0) is 27.4 Å². The van der Waals surface area contributed by atoms with E-state index in [1.54, 1.807) is 24.1 Å². The van der Waals surface area contributed by atoms with Crippen LogP contribution in [0.15, 0.2) is 30.6 Å². The summed E-state index contributed by atoms with van der Waals surface area (Å²) in [7, 11) is 1.65. The van der Waals surface area contributed by atoms with Gasteiger partial charge in [-0.25, -0.2) is 14.4 Å². The number of nitrogens with zero attached hydrogens (tertiary/aromatic N) is 4. The topological polar surface area (TPSA) is 158 Å². The number of carboxylic acid groups (broad SMARTS) is 1. The maximum Gasteiger partial charge on any atom is 0.305 e. The first-order valence-corrected chi connectivity index (χ1v) is 16.2. The zero-order valence-electron chi connectivity index (χ0n) is 26.7. The molecule has 2 unspecified atom stereocenters. The van der Waals surface area contributed by atoms with E-state index in [1.165, 1.54) is 6.07 Å². The van der Waals surface area contributed by atoms with Gasteiger partial charge in [-0.2, -0.15) is 0 Å². The maximum absolute atomic E-state index is 14.8. The van der Waals surface area contributed by atoms with Crippen LogP contribution in [0.3, 0.4) is 0 Å². The molecule has 13 heteroatoms. The lowest BCUT2D eigenvalue weighted by Crippen LogP contribution is -2.53. The number of aliphatic hydroxyl groups excluding tert-OH is 2. The van der Waals surface area contributed by atoms with E-state index in [1.807, 2.05) is 12.4 Å². The molecule has 12 nitrogen and oxygen atoms in total. The van der Waals surface area contributed by atoms with Crippen LogP contribution in [0, 0.1) is 17.7 Å². The number of carbonyl (C=O) groups is 2. The first kappa shape index (κ1) is 35.5. The lowest BCUT2D eigenvalue weighted by Gasteiger charge is -2.39. The fourth-order valence-electron chi connectivity index (χ4n) is 5.97. The normalized spacial score (nSPS) is 17.0. The Morgan fingerprint density at radius 3 is 2.52 bits per heavy atom. The third-order valence-corrected chi connectivity index (χ3v) is 8.64. The van der Waals surface area contributed by atoms with E-state index < -0.39 is 24.0 Å². The molecule has 0 bridgehead atoms. The largest absolute Gasteiger partial charge is 0.493 e. The van der Waals surface area contributed by atoms with Crippen LogP contribution < -0.4 is 15.0 Å². The van der Waals surface area contributed by atoms with Crippen LogP contribution in [-0.4, -0.2) is 107 Å². The molecular weight excluding hydrogens is 597 g/mol. The highest BCUT2D eigenvalue weighted by Gasteiger charge is 2.30. The number of hydrogen-bond donors (Lipinski definition) is 4. The second-order valence-corrected chi connectivity index (χ2v) is 12.5. The van der Waals surface area contributed by atoms with E-state index in [0.29, 0.717) is 63.0 Å². The summed E-state index contributed by atoms with van der Waals surface area (Å²) >= 11 is 0. The van der Waals surface area contributed by atoms with Crippen molar-refractivity contribution in [2.24, 2.45) is 11.8 Å². The SMILES string of the molecule is COCc1cnc(N2CCC(CCCOc3ccc(CC(=O)N4CC(CNCCC(O)CC(O)CC(=O)O)C4)c(F)c3)CC2)nc1. The van der Waals surface area contributed by atoms with E-state index in [9.17, 15) is 24.2 Å². The predicted octanol–water partition coefficient (Wildman–Crippen LogP) is 2.40. The molecule has 254 valence electrons. The standard InChI is InChI=1S/C33H48FN5O7/c1-45-22-24-18-36-33(37-19-24)38-10-7-23(8-11-38)3-2-12-46-29-5-4-26(30(34)16-29)13-31(42)39-20-25(21-39)17-35-9-6-27(40)14-28(41)15-32(43)44/h4-5,16,18-19,23,25,27-28,35,40-41H,2-3,6-15,17,20-22H2,1H3,(H,43,44). The van der Waals surface area contributed by atoms with Crippen molar-refractivity contribution in [3.63, 3.8) is 0 Å². The van der Waals surface area contributed by atoms with Gasteiger partial charge in [0.25, 0.3) is 0 Å². The van der Waals surface area contributed by atoms with Crippen molar-refractivity contribution in [2.45, 2.75) is 70.2 Å². The summed E-state index contributed by atoms with van der Waals surface area (Å²) in [6.07, 6.45) is 5.88. The zero-order valence-corrected chi connectivity index (χ0v) is 26.7. The maximum atomic E-state index is 14.8. The monoisotopic (exact) mass is 645 g/mol. The molecule has 2 aromatic rings. The van der Waals surface area contributed by atoms with Gasteiger partial charge in [-0.3, -0.25) is 9.59 Å². The first-order chi connectivity index (χ1) is 22.2. The van der Waals surface area contributed by atoms with E-state index in [0.717, 1.165) is 50.3 Å². The Balaban J connectivity index is 1.05. The van der Waals surface area contributed by atoms with Crippen molar-refractivity contribution in [1.82, 2.24) is 20.2 Å². The Morgan fingerprint density at radius 2 is 1.85 bits per heavy atom. The third kappa shape index (κ3) is 11.4. The van der Waals surface area contributed by atoms with Crippen LogP contribution in [0.2, 0.25) is 0 Å². The van der Waals surface area contributed by atoms with Gasteiger partial charge in [-0.05, 0) is 62.6 Å². The Hall–Kier alpha value is -3.39. The van der Waals surface area contributed by atoms with Gasteiger partial charge in [-0.15, -0.1) is 0 Å². The number of benzene rings is 1. The van der Waals surface area contributed by atoms with Crippen molar-refractivity contribution in [1.29, 1.82) is 0 Å². The number of aliphatic carboxylic acids is 1. The minimum absolute atomic E-state index is 0.00182. The molecule has 3 heterocycles. The number of hydrogen-bond acceptors (Lipinski definition) is 10. The molecule has 2 aliphatic rings. The van der Waals surface area contributed by atoms with Gasteiger partial charge in [0, 0.05) is 69.8 Å². The summed E-state index contributed by atoms with van der Waals surface area (Å²) in [5, 5.41) is 31.4. The van der Waals surface area contributed by atoms with Gasteiger partial charge < -0.3 is 39.9 Å². The van der Waals surface area contributed by atoms with Gasteiger partial charge in [0.05, 0.1) is 38.3 Å². The smallest absolute Gasteiger partial charge is 0.305 e. The van der Waals surface area contributed by atoms with Crippen LogP contribution in [0.1, 0.15) is 56.1 Å². The molecule has 0 aliphatic carbocycles. The fraction of sp³-hybridized carbons (Fsp3) is 0.636. The number of aliphatic hydroxyl groups is 2. The van der Waals surface area contributed by atoms with E-state index in [-0.39, 0.29) is 31.1 Å². The van der Waals surface area contributed by atoms with Crippen molar-refractivity contribution >= 4 is 17.8 Å². The summed E-state index contributed by atoms with van der Waals surface area (Å²) in [4.78, 5) is 36.1. The van der Waals surface area contributed by atoms with Gasteiger partial charge in [0.1, 0.15) is 11.6 Å². The number of carbonyl (C=O) groups excluding carboxylic acids is 1. The number of carboxylic acids is 1. The molecule has 0 radical (unpaired) electrons. The Kier molecular flexibility index (Phi) is 13.9. The summed E-state index contributed by atoms with van der Waals surface area (Å²) in [6.45, 7) is 5.23. The van der Waals surface area contributed by atoms with E-state index in [4.69, 9.17) is 14.6 Å². The van der Waals surface area contributed by atoms with Crippen LogP contribution in [0.4, 0.5) is 10.3 Å². The number of likely N-dealkylation sites (tertiary alicyclic amines) is 1. The van der Waals surface area contributed by atoms with Crippen LogP contribution in [0.5, 0.6) is 5.75 Å². The summed E-state index contributed by atoms with van der Waals surface area (Å²) in [5.41, 5.74) is 1.31. The fourth-order valence-corrected chi connectivity index (χ4v) is 5.97. The number of methoxy groups -OCH3 is 1. The zero-order chi connectivity index (χ0) is 32.9. The number of rotatable bonds is 19. The molecule has 1 aromatic heterocycles. The lowest BCUT2D eigenvalue weighted by molar-refractivity contribution is -0.139. The number of nitrogens with one attached hydrogen (secondary N) is 1. The Labute approximate surface area is 269 Å². The lowest BCUT2D eigenvalue weighted by atomic mass is 9.92. The van der Waals surface area contributed by atoms with Crippen molar-refractivity contribution in [3.05, 3.63) is 47.5 Å². The number of aromatic nitrogens is 2. The van der Waals surface area contributed by atoms with Gasteiger partial charge >= 0.3 is 5.97 Å². The molecule has 2 atom stereocenters. The quantitative estimate of drug-likeness (QED) is 0.166. The summed E-state index contributed by atoms with van der Waals surface area (Å²) < 4.78 is 25.7. The van der Waals surface area contributed by atoms with Gasteiger partial charge in [-0.1, -0.05) is 6.07 Å². The third-order valence-electron chi connectivity index (χ3n) is 8.64. The van der Waals surface area contributed by atoms with Gasteiger partial charge in [0.2, 0.25) is 11.9 Å². The first-order valence-electron chi connectivity index (χ1n) is 16.2. The summed E-state index contributed by atoms with van der Waals surface area (Å²) in [6, 6.07) is 4.71. The molecule has 46 heavy (non-hydrogen) atoms. The molecule has 4 rings (SSSR count). The highest BCUT2D eigenvalue weighted by Crippen LogP contribution is 2.25. The molecule has 4 N–H and O–H groups in total. The number of anilines is 1. The molecule has 2 aliphatic heterocycles. The molecule has 2 saturated heterocycles. The van der Waals surface area contributed by atoms with Crippen molar-refractivity contribution in [2.75, 3.05) is 57.9 Å². The highest BCUT2D eigenvalue weighted by atomic mass is 19.1. The molecule has 1 amide bonds. The van der Waals surface area contributed by atoms with E-state index in [2.05, 4.69) is 20.2 Å². The molecular formula is C33H48FN5O7. The molecule has 0 saturated carbocycles. The molecule has 1 aromatic carbocycles. The molecule has 2 fully saturated rings. The van der Waals surface area contributed by atoms with Crippen molar-refractivity contribution in [3.8, 4) is 5.75 Å². The number of ether oxygens (including phenoxy) is 2. The second-order valence-electron chi connectivity index (χ2n) is 12.5. The van der Waals surface area contributed by atoms with E-state index >= 15 is 0 Å². The Bertz CT molecular complexity index is 1240. The second kappa shape index (κ2) is 18.1.